The Bertz CT molecular complexity index is 220. The number of hydrogen-bond donors (Lipinski definition) is 1. The summed E-state index contributed by atoms with van der Waals surface area (Å²) in [6.07, 6.45) is -2.75. The Morgan fingerprint density at radius 1 is 1.41 bits per heavy atom. The third kappa shape index (κ3) is 5.25. The van der Waals surface area contributed by atoms with E-state index < -0.39 is 12.6 Å². The molecule has 0 aromatic heterocycles. The molecule has 0 saturated carbocycles. The van der Waals surface area contributed by atoms with Crippen LogP contribution in [0.5, 0.6) is 0 Å². The predicted octanol–water partition coefficient (Wildman–Crippen LogP) is 3.12. The van der Waals surface area contributed by atoms with Crippen LogP contribution >= 0.6 is 0 Å². The van der Waals surface area contributed by atoms with Gasteiger partial charge in [-0.25, -0.2) is 0 Å². The van der Waals surface area contributed by atoms with E-state index in [1.54, 1.807) is 0 Å². The molecule has 1 heterocycles. The zero-order valence-electron chi connectivity index (χ0n) is 10.5. The Labute approximate surface area is 101 Å². The van der Waals surface area contributed by atoms with E-state index in [2.05, 4.69) is 5.32 Å². The van der Waals surface area contributed by atoms with Crippen molar-refractivity contribution >= 4 is 0 Å². The van der Waals surface area contributed by atoms with Crippen molar-refractivity contribution in [3.63, 3.8) is 0 Å². The molecule has 0 amide bonds. The lowest BCUT2D eigenvalue weighted by Crippen LogP contribution is -2.40. The van der Waals surface area contributed by atoms with Gasteiger partial charge in [-0.2, -0.15) is 13.2 Å². The highest BCUT2D eigenvalue weighted by Crippen LogP contribution is 2.29. The minimum absolute atomic E-state index is 0.0672. The SMILES string of the molecule is CCCNC(CCC(F)(F)F)C1CCOC1C. The van der Waals surface area contributed by atoms with Crippen LogP contribution in [0, 0.1) is 5.92 Å². The summed E-state index contributed by atoms with van der Waals surface area (Å²) in [6, 6.07) is -0.0749. The van der Waals surface area contributed by atoms with E-state index in [1.165, 1.54) is 0 Å². The first-order valence-electron chi connectivity index (χ1n) is 6.35. The van der Waals surface area contributed by atoms with Crippen molar-refractivity contribution < 1.29 is 17.9 Å². The molecule has 1 rings (SSSR count). The molecular weight excluding hydrogens is 231 g/mol. The van der Waals surface area contributed by atoms with Crippen molar-refractivity contribution in [2.45, 2.75) is 57.9 Å². The number of rotatable bonds is 6. The molecule has 3 atom stereocenters. The maximum atomic E-state index is 12.3. The van der Waals surface area contributed by atoms with E-state index in [4.69, 9.17) is 4.74 Å². The van der Waals surface area contributed by atoms with E-state index in [9.17, 15) is 13.2 Å². The molecule has 0 aliphatic carbocycles. The van der Waals surface area contributed by atoms with E-state index >= 15 is 0 Å². The highest BCUT2D eigenvalue weighted by molar-refractivity contribution is 4.84. The molecular formula is C12H22F3NO. The van der Waals surface area contributed by atoms with Gasteiger partial charge in [-0.05, 0) is 32.7 Å². The van der Waals surface area contributed by atoms with Gasteiger partial charge in [0.1, 0.15) is 0 Å². The van der Waals surface area contributed by atoms with Crippen LogP contribution in [0.3, 0.4) is 0 Å². The Kier molecular flexibility index (Phi) is 5.73. The average molecular weight is 253 g/mol. The molecule has 0 aromatic carbocycles. The molecule has 3 unspecified atom stereocenters. The lowest BCUT2D eigenvalue weighted by molar-refractivity contribution is -0.137. The van der Waals surface area contributed by atoms with E-state index in [0.29, 0.717) is 6.61 Å². The topological polar surface area (TPSA) is 21.3 Å². The second-order valence-corrected chi connectivity index (χ2v) is 4.74. The Hall–Kier alpha value is -0.290. The van der Waals surface area contributed by atoms with Gasteiger partial charge in [0.2, 0.25) is 0 Å². The second kappa shape index (κ2) is 6.59. The molecule has 0 spiro atoms. The monoisotopic (exact) mass is 253 g/mol. The van der Waals surface area contributed by atoms with Gasteiger partial charge in [0, 0.05) is 25.0 Å². The summed E-state index contributed by atoms with van der Waals surface area (Å²) in [5.74, 6) is 0.212. The van der Waals surface area contributed by atoms with Crippen LogP contribution < -0.4 is 5.32 Å². The second-order valence-electron chi connectivity index (χ2n) is 4.74. The van der Waals surface area contributed by atoms with Gasteiger partial charge < -0.3 is 10.1 Å². The number of nitrogens with one attached hydrogen (secondary N) is 1. The first-order valence-corrected chi connectivity index (χ1v) is 6.35. The molecule has 1 N–H and O–H groups in total. The maximum Gasteiger partial charge on any atom is 0.389 e. The first kappa shape index (κ1) is 14.8. The minimum Gasteiger partial charge on any atom is -0.378 e. The molecule has 5 heteroatoms. The Morgan fingerprint density at radius 3 is 2.59 bits per heavy atom. The minimum atomic E-state index is -4.06. The van der Waals surface area contributed by atoms with Crippen LogP contribution in [0.15, 0.2) is 0 Å². The lowest BCUT2D eigenvalue weighted by Gasteiger charge is -2.27. The van der Waals surface area contributed by atoms with Crippen molar-refractivity contribution in [3.05, 3.63) is 0 Å². The number of alkyl halides is 3. The fraction of sp³-hybridized carbons (Fsp3) is 1.00. The van der Waals surface area contributed by atoms with Crippen LogP contribution in [0.25, 0.3) is 0 Å². The van der Waals surface area contributed by atoms with Crippen molar-refractivity contribution in [3.8, 4) is 0 Å². The van der Waals surface area contributed by atoms with Gasteiger partial charge in [0.25, 0.3) is 0 Å². The zero-order chi connectivity index (χ0) is 12.9. The van der Waals surface area contributed by atoms with Crippen molar-refractivity contribution in [1.29, 1.82) is 0 Å². The molecule has 0 aromatic rings. The standard InChI is InChI=1S/C12H22F3NO/c1-3-7-16-11(4-6-12(13,14)15)10-5-8-17-9(10)2/h9-11,16H,3-8H2,1-2H3. The first-order chi connectivity index (χ1) is 7.94. The van der Waals surface area contributed by atoms with Gasteiger partial charge in [0.15, 0.2) is 0 Å². The molecule has 2 nitrogen and oxygen atoms in total. The highest BCUT2D eigenvalue weighted by atomic mass is 19.4. The van der Waals surface area contributed by atoms with Crippen LogP contribution in [-0.4, -0.2) is 31.5 Å². The lowest BCUT2D eigenvalue weighted by atomic mass is 9.90. The quantitative estimate of drug-likeness (QED) is 0.785. The number of ether oxygens (including phenoxy) is 1. The molecule has 0 bridgehead atoms. The van der Waals surface area contributed by atoms with Gasteiger partial charge in [-0.15, -0.1) is 0 Å². The summed E-state index contributed by atoms with van der Waals surface area (Å²) < 4.78 is 42.2. The molecule has 1 saturated heterocycles. The summed E-state index contributed by atoms with van der Waals surface area (Å²) >= 11 is 0. The van der Waals surface area contributed by atoms with Crippen LogP contribution in [0.1, 0.15) is 39.5 Å². The van der Waals surface area contributed by atoms with Gasteiger partial charge in [-0.1, -0.05) is 6.92 Å². The molecule has 1 fully saturated rings. The zero-order valence-corrected chi connectivity index (χ0v) is 10.5. The Morgan fingerprint density at radius 2 is 2.12 bits per heavy atom. The van der Waals surface area contributed by atoms with Gasteiger partial charge in [0.05, 0.1) is 6.10 Å². The fourth-order valence-electron chi connectivity index (χ4n) is 2.39. The van der Waals surface area contributed by atoms with Crippen molar-refractivity contribution in [2.75, 3.05) is 13.2 Å². The summed E-state index contributed by atoms with van der Waals surface area (Å²) in [6.45, 7) is 5.40. The third-order valence-electron chi connectivity index (χ3n) is 3.35. The molecule has 1 aliphatic heterocycles. The van der Waals surface area contributed by atoms with Gasteiger partial charge >= 0.3 is 6.18 Å². The van der Waals surface area contributed by atoms with E-state index in [0.717, 1.165) is 19.4 Å². The van der Waals surface area contributed by atoms with Crippen molar-refractivity contribution in [1.82, 2.24) is 5.32 Å². The molecule has 0 radical (unpaired) electrons. The summed E-state index contributed by atoms with van der Waals surface area (Å²) in [4.78, 5) is 0. The molecule has 1 aliphatic rings. The smallest absolute Gasteiger partial charge is 0.378 e. The third-order valence-corrected chi connectivity index (χ3v) is 3.35. The Balaban J connectivity index is 2.47. The van der Waals surface area contributed by atoms with Crippen LogP contribution in [-0.2, 0) is 4.74 Å². The summed E-state index contributed by atoms with van der Waals surface area (Å²) in [5, 5.41) is 3.23. The molecule has 102 valence electrons. The largest absolute Gasteiger partial charge is 0.389 e. The van der Waals surface area contributed by atoms with Crippen LogP contribution in [0.4, 0.5) is 13.2 Å². The predicted molar refractivity (Wildman–Crippen MR) is 60.9 cm³/mol. The van der Waals surface area contributed by atoms with Crippen LogP contribution in [0.2, 0.25) is 0 Å². The van der Waals surface area contributed by atoms with E-state index in [-0.39, 0.29) is 24.5 Å². The number of halogens is 3. The summed E-state index contributed by atoms with van der Waals surface area (Å²) in [5.41, 5.74) is 0. The summed E-state index contributed by atoms with van der Waals surface area (Å²) in [7, 11) is 0. The maximum absolute atomic E-state index is 12.3. The van der Waals surface area contributed by atoms with Crippen molar-refractivity contribution in [2.24, 2.45) is 5.92 Å². The van der Waals surface area contributed by atoms with E-state index in [1.807, 2.05) is 13.8 Å². The highest BCUT2D eigenvalue weighted by Gasteiger charge is 2.35. The fourth-order valence-corrected chi connectivity index (χ4v) is 2.39. The average Bonchev–Trinajstić information content (AvgIpc) is 2.63. The van der Waals surface area contributed by atoms with Gasteiger partial charge in [-0.3, -0.25) is 0 Å². The number of hydrogen-bond acceptors (Lipinski definition) is 2. The molecule has 17 heavy (non-hydrogen) atoms. The normalized spacial score (nSPS) is 27.4.